The number of fused-ring (bicyclic) bond motifs is 6. The first kappa shape index (κ1) is 104. The first-order chi connectivity index (χ1) is 63.6. The maximum atomic E-state index is 11.1. The monoisotopic (exact) mass is 1890 g/mol. The number of hydrogen-bond acceptors (Lipinski definition) is 22. The summed E-state index contributed by atoms with van der Waals surface area (Å²) >= 11 is 11.3. The lowest BCUT2D eigenvalue weighted by molar-refractivity contribution is -0.0190. The van der Waals surface area contributed by atoms with E-state index in [1.807, 2.05) is 45.3 Å². The van der Waals surface area contributed by atoms with Crippen molar-refractivity contribution in [1.29, 1.82) is 21.0 Å². The summed E-state index contributed by atoms with van der Waals surface area (Å²) in [6.07, 6.45) is 33.3. The van der Waals surface area contributed by atoms with Crippen LogP contribution >= 0.6 is 68.0 Å². The molecule has 16 nitrogen and oxygen atoms in total. The molecular weight excluding hydrogens is 1740 g/mol. The molecule has 6 heterocycles. The standard InChI is InChI=1S/C108H156N4O12S6/c1-13-25-37-113-65-103(66-114-38-26-14-2)49-79-81(51-103)93(125-91(79)77(61-109)62-110)95-83-53-105(69-117-41-29-17-5,70-118-42-30-18-6)55-85(83)97(127-95)99-87-57-107(73-121-45-33-21-9,74-122-46-34-22-10)59-89(87)101(129-99)102-90-60-108(75-123-47-35-23-11,76-124-48-36-24-12)58-88(90)100(130-102)98-86-56-106(71-119-43-31-19-7,72-120-44-32-20-8)54-84(86)96(128-98)94-82-52-104(67-115-39-27-15-3,68-116-40-28-16-4)50-80(82)92(126-94)78(63-111)64-112/h13-60,65-76H2,1-12H3/b95-93-,96-94+,99-97-,100-98-,102-101-. The van der Waals surface area contributed by atoms with Gasteiger partial charge >= 0.3 is 0 Å². The summed E-state index contributed by atoms with van der Waals surface area (Å²) < 4.78 is 97.5. The summed E-state index contributed by atoms with van der Waals surface area (Å²) in [6, 6.07) is 9.69. The van der Waals surface area contributed by atoms with Gasteiger partial charge in [0, 0.05) is 157 Å². The van der Waals surface area contributed by atoms with E-state index in [2.05, 4.69) is 107 Å². The highest BCUT2D eigenvalue weighted by Gasteiger charge is 2.49. The van der Waals surface area contributed by atoms with Crippen LogP contribution in [0.3, 0.4) is 0 Å². The summed E-state index contributed by atoms with van der Waals surface area (Å²) in [4.78, 5) is 0. The van der Waals surface area contributed by atoms with E-state index in [4.69, 9.17) is 56.8 Å². The Labute approximate surface area is 801 Å². The molecule has 0 N–H and O–H groups in total. The van der Waals surface area contributed by atoms with Crippen molar-refractivity contribution in [2.45, 2.75) is 314 Å². The quantitative estimate of drug-likeness (QED) is 0.0326. The van der Waals surface area contributed by atoms with Crippen molar-refractivity contribution in [3.63, 3.8) is 0 Å². The second-order valence-corrected chi connectivity index (χ2v) is 45.6. The third-order valence-corrected chi connectivity index (χ3v) is 36.4. The lowest BCUT2D eigenvalue weighted by Crippen LogP contribution is -2.34. The number of rotatable bonds is 60. The molecule has 0 saturated heterocycles. The van der Waals surface area contributed by atoms with Crippen molar-refractivity contribution >= 4 is 79.2 Å². The van der Waals surface area contributed by atoms with Crippen molar-refractivity contribution < 1.29 is 56.8 Å². The molecule has 0 aromatic carbocycles. The highest BCUT2D eigenvalue weighted by molar-refractivity contribution is 7.15. The van der Waals surface area contributed by atoms with E-state index in [-0.39, 0.29) is 43.6 Å². The normalized spacial score (nSPS) is 18.0. The maximum absolute atomic E-state index is 11.1. The van der Waals surface area contributed by atoms with Gasteiger partial charge in [-0.1, -0.05) is 160 Å². The molecule has 6 aromatic heterocycles. The van der Waals surface area contributed by atoms with E-state index < -0.39 is 0 Å². The van der Waals surface area contributed by atoms with Crippen molar-refractivity contribution in [3.8, 4) is 24.3 Å². The van der Waals surface area contributed by atoms with Crippen LogP contribution in [0.2, 0.25) is 0 Å². The molecule has 0 atom stereocenters. The molecule has 12 rings (SSSR count). The fourth-order valence-corrected chi connectivity index (χ4v) is 29.3. The van der Waals surface area contributed by atoms with Gasteiger partial charge in [0.15, 0.2) is 0 Å². The topological polar surface area (TPSA) is 206 Å². The summed E-state index contributed by atoms with van der Waals surface area (Å²) in [6.45, 7) is 41.7. The Balaban J connectivity index is 1.28. The van der Waals surface area contributed by atoms with Gasteiger partial charge in [-0.15, -0.1) is 68.0 Å². The van der Waals surface area contributed by atoms with Crippen LogP contribution in [0.5, 0.6) is 0 Å². The molecule has 0 spiro atoms. The molecule has 716 valence electrons. The van der Waals surface area contributed by atoms with Gasteiger partial charge in [0.05, 0.1) is 88.3 Å². The van der Waals surface area contributed by atoms with Gasteiger partial charge in [-0.2, -0.15) is 21.0 Å². The highest BCUT2D eigenvalue weighted by Crippen LogP contribution is 2.52. The number of ether oxygens (including phenoxy) is 12. The molecule has 0 amide bonds. The average molecular weight is 1890 g/mol. The largest absolute Gasteiger partial charge is 0.381 e. The van der Waals surface area contributed by atoms with Crippen LogP contribution in [0.15, 0.2) is 0 Å². The Kier molecular flexibility index (Phi) is 41.5. The van der Waals surface area contributed by atoms with Gasteiger partial charge in [0.25, 0.3) is 0 Å². The smallest absolute Gasteiger partial charge is 0.147 e. The Morgan fingerprint density at radius 1 is 0.192 bits per heavy atom. The lowest BCUT2D eigenvalue weighted by Gasteiger charge is -2.29. The molecule has 0 saturated carbocycles. The summed E-state index contributed by atoms with van der Waals surface area (Å²) in [7, 11) is 0. The van der Waals surface area contributed by atoms with Crippen LogP contribution in [-0.4, -0.2) is 159 Å². The van der Waals surface area contributed by atoms with Crippen LogP contribution in [0.4, 0.5) is 0 Å². The zero-order valence-corrected chi connectivity index (χ0v) is 86.5. The Morgan fingerprint density at radius 3 is 0.431 bits per heavy atom. The zero-order chi connectivity index (χ0) is 92.0. The lowest BCUT2D eigenvalue weighted by atomic mass is 9.86. The predicted molar refractivity (Wildman–Crippen MR) is 531 cm³/mol. The van der Waals surface area contributed by atoms with Gasteiger partial charge in [-0.05, 0) is 221 Å². The van der Waals surface area contributed by atoms with E-state index in [1.54, 1.807) is 22.7 Å². The van der Waals surface area contributed by atoms with E-state index >= 15 is 0 Å². The Morgan fingerprint density at radius 2 is 0.308 bits per heavy atom. The summed E-state index contributed by atoms with van der Waals surface area (Å²) in [5, 5.41) is 44.4. The van der Waals surface area contributed by atoms with Crippen LogP contribution < -0.4 is 9.06 Å². The first-order valence-corrected chi connectivity index (χ1v) is 55.6. The van der Waals surface area contributed by atoms with Gasteiger partial charge in [0.1, 0.15) is 35.4 Å². The number of unbranched alkanes of at least 4 members (excludes halogenated alkanes) is 12. The van der Waals surface area contributed by atoms with Crippen molar-refractivity contribution in [1.82, 2.24) is 0 Å². The van der Waals surface area contributed by atoms with Crippen LogP contribution in [-0.2, 0) is 134 Å². The van der Waals surface area contributed by atoms with Crippen molar-refractivity contribution in [3.05, 3.63) is 121 Å². The van der Waals surface area contributed by atoms with E-state index in [9.17, 15) is 21.0 Å². The first-order valence-electron chi connectivity index (χ1n) is 50.7. The third kappa shape index (κ3) is 25.1. The van der Waals surface area contributed by atoms with Crippen LogP contribution in [0.25, 0.3) is 11.1 Å². The van der Waals surface area contributed by atoms with Crippen LogP contribution in [0, 0.1) is 123 Å². The van der Waals surface area contributed by atoms with Crippen molar-refractivity contribution in [2.75, 3.05) is 159 Å². The molecular formula is C108H156N4O12S6. The molecule has 0 bridgehead atoms. The second-order valence-electron chi connectivity index (χ2n) is 39.5. The minimum Gasteiger partial charge on any atom is -0.381 e. The van der Waals surface area contributed by atoms with E-state index in [1.165, 1.54) is 101 Å². The Bertz CT molecular complexity index is 5060. The zero-order valence-electron chi connectivity index (χ0n) is 81.6. The summed E-state index contributed by atoms with van der Waals surface area (Å²) in [5.41, 5.74) is 13.9. The molecule has 0 unspecified atom stereocenters. The maximum Gasteiger partial charge on any atom is 0.147 e. The molecule has 0 aliphatic heterocycles. The fourth-order valence-electron chi connectivity index (χ4n) is 20.5. The number of nitrogens with zero attached hydrogens (tertiary/aromatic N) is 4. The second kappa shape index (κ2) is 51.7. The van der Waals surface area contributed by atoms with Gasteiger partial charge in [-0.25, -0.2) is 0 Å². The highest BCUT2D eigenvalue weighted by atomic mass is 32.1. The fraction of sp³-hybridized carbons (Fsp3) is 0.722. The summed E-state index contributed by atoms with van der Waals surface area (Å²) in [5.74, 6) is 0. The molecule has 0 radical (unpaired) electrons. The molecule has 0 fully saturated rings. The molecule has 6 aromatic rings. The number of hydrogen-bond donors (Lipinski definition) is 0. The van der Waals surface area contributed by atoms with E-state index in [0.717, 1.165) is 238 Å². The number of thiophene rings is 6. The molecule has 130 heavy (non-hydrogen) atoms. The van der Waals surface area contributed by atoms with Gasteiger partial charge in [0.2, 0.25) is 0 Å². The van der Waals surface area contributed by atoms with E-state index in [0.29, 0.717) is 171 Å². The number of nitriles is 4. The van der Waals surface area contributed by atoms with Gasteiger partial charge in [-0.3, -0.25) is 0 Å². The van der Waals surface area contributed by atoms with Crippen molar-refractivity contribution in [2.24, 2.45) is 32.5 Å². The minimum atomic E-state index is -0.385. The SMILES string of the molecule is CCCCOCC1(COCCCC)Cc2c(/c(=c3/s/c(=c4\s/c(=c5\s/c(=c6\s/c(=c7/sc(=C(C#N)C#N)c8c7CC(COCCCC)(COCCCC)C8)c7c6CC(COCCCC)(COCCCC)C7)c6c5CC(COCCCC)(COCCCC)C6)c5c4CC(COCCCC)(COCCCC)C5)c4c3CC(COCCCC)(COCCCC)C4)sc2=C(C#N)C#N)C1. The minimum absolute atomic E-state index is 0.169. The third-order valence-electron chi connectivity index (χ3n) is 27.9. The van der Waals surface area contributed by atoms with Crippen LogP contribution in [0.1, 0.15) is 304 Å². The molecule has 6 aliphatic rings. The average Bonchev–Trinajstić information content (AvgIpc) is 1.54. The molecule has 6 aliphatic carbocycles. The van der Waals surface area contributed by atoms with Gasteiger partial charge < -0.3 is 56.8 Å². The predicted octanol–water partition coefficient (Wildman–Crippen LogP) is 23.2. The Hall–Kier alpha value is -4.58. The molecule has 22 heteroatoms.